The van der Waals surface area contributed by atoms with Crippen molar-refractivity contribution in [1.29, 1.82) is 0 Å². The molecule has 1 unspecified atom stereocenters. The molecule has 0 saturated carbocycles. The van der Waals surface area contributed by atoms with Crippen molar-refractivity contribution in [3.05, 3.63) is 0 Å². The molecule has 1 fully saturated rings. The van der Waals surface area contributed by atoms with E-state index in [0.29, 0.717) is 12.6 Å². The van der Waals surface area contributed by atoms with Gasteiger partial charge in [-0.3, -0.25) is 4.79 Å². The van der Waals surface area contributed by atoms with Crippen molar-refractivity contribution in [2.24, 2.45) is 5.41 Å². The molecule has 1 amide bonds. The third-order valence-corrected chi connectivity index (χ3v) is 4.81. The number of carbonyl (C=O) groups is 1. The molecule has 1 atom stereocenters. The fraction of sp³-hybridized carbons (Fsp3) is 0.938. The zero-order valence-corrected chi connectivity index (χ0v) is 13.8. The summed E-state index contributed by atoms with van der Waals surface area (Å²) in [5, 5.41) is 12.7. The van der Waals surface area contributed by atoms with Crippen LogP contribution in [0.2, 0.25) is 0 Å². The first kappa shape index (κ1) is 17.4. The van der Waals surface area contributed by atoms with E-state index in [1.165, 1.54) is 0 Å². The van der Waals surface area contributed by atoms with Crippen molar-refractivity contribution in [3.8, 4) is 0 Å². The molecular formula is C16H32N2O2. The summed E-state index contributed by atoms with van der Waals surface area (Å²) in [5.74, 6) is 0.117. The molecular weight excluding hydrogens is 252 g/mol. The number of aliphatic hydroxyl groups is 1. The Labute approximate surface area is 123 Å². The van der Waals surface area contributed by atoms with Gasteiger partial charge in [-0.15, -0.1) is 0 Å². The van der Waals surface area contributed by atoms with Gasteiger partial charge in [0.05, 0.1) is 11.0 Å². The van der Waals surface area contributed by atoms with Gasteiger partial charge >= 0.3 is 0 Å². The zero-order valence-electron chi connectivity index (χ0n) is 13.8. The van der Waals surface area contributed by atoms with Crippen LogP contribution in [0.1, 0.15) is 60.3 Å². The molecule has 0 spiro atoms. The highest BCUT2D eigenvalue weighted by Crippen LogP contribution is 2.36. The summed E-state index contributed by atoms with van der Waals surface area (Å²) in [6.07, 6.45) is 3.88. The second-order valence-electron chi connectivity index (χ2n) is 6.92. The number of hydrogen-bond acceptors (Lipinski definition) is 3. The third kappa shape index (κ3) is 4.45. The fourth-order valence-corrected chi connectivity index (χ4v) is 2.88. The summed E-state index contributed by atoms with van der Waals surface area (Å²) in [7, 11) is 0. The predicted molar refractivity (Wildman–Crippen MR) is 82.6 cm³/mol. The van der Waals surface area contributed by atoms with Crippen LogP contribution >= 0.6 is 0 Å². The van der Waals surface area contributed by atoms with E-state index in [4.69, 9.17) is 0 Å². The number of rotatable bonds is 6. The number of nitrogens with one attached hydrogen (secondary N) is 1. The van der Waals surface area contributed by atoms with E-state index in [2.05, 4.69) is 31.0 Å². The summed E-state index contributed by atoms with van der Waals surface area (Å²) >= 11 is 0. The first-order valence-corrected chi connectivity index (χ1v) is 7.99. The fourth-order valence-electron chi connectivity index (χ4n) is 2.88. The van der Waals surface area contributed by atoms with Crippen LogP contribution in [-0.4, -0.2) is 47.2 Å². The lowest BCUT2D eigenvalue weighted by molar-refractivity contribution is -0.135. The van der Waals surface area contributed by atoms with Gasteiger partial charge in [-0.1, -0.05) is 13.8 Å². The van der Waals surface area contributed by atoms with Gasteiger partial charge < -0.3 is 15.3 Å². The van der Waals surface area contributed by atoms with Gasteiger partial charge in [0.25, 0.3) is 0 Å². The van der Waals surface area contributed by atoms with E-state index in [-0.39, 0.29) is 11.3 Å². The molecule has 1 aliphatic rings. The zero-order chi connectivity index (χ0) is 15.4. The Hall–Kier alpha value is -0.610. The minimum Gasteiger partial charge on any atom is -0.389 e. The highest BCUT2D eigenvalue weighted by Gasteiger charge is 2.40. The molecule has 1 saturated heterocycles. The smallest absolute Gasteiger partial charge is 0.226 e. The normalized spacial score (nSPS) is 21.5. The Kier molecular flexibility index (Phi) is 6.02. The lowest BCUT2D eigenvalue weighted by Crippen LogP contribution is -2.52. The second-order valence-corrected chi connectivity index (χ2v) is 6.92. The van der Waals surface area contributed by atoms with Crippen LogP contribution < -0.4 is 5.32 Å². The average molecular weight is 284 g/mol. The molecule has 0 aliphatic carbocycles. The molecule has 4 nitrogen and oxygen atoms in total. The molecule has 1 heterocycles. The standard InChI is InChI=1S/C16H32N2O2/c1-6-13(3)18-10-8-16(7-2,9-11-18)14(19)17-12-15(4,5)20/h13,20H,6-12H2,1-5H3,(H,17,19). The van der Waals surface area contributed by atoms with Crippen LogP contribution in [-0.2, 0) is 4.79 Å². The largest absolute Gasteiger partial charge is 0.389 e. The lowest BCUT2D eigenvalue weighted by atomic mass is 9.75. The van der Waals surface area contributed by atoms with Gasteiger partial charge in [0, 0.05) is 12.6 Å². The topological polar surface area (TPSA) is 52.6 Å². The van der Waals surface area contributed by atoms with E-state index >= 15 is 0 Å². The van der Waals surface area contributed by atoms with Gasteiger partial charge in [0.15, 0.2) is 0 Å². The maximum atomic E-state index is 12.5. The van der Waals surface area contributed by atoms with E-state index in [1.54, 1.807) is 13.8 Å². The molecule has 0 aromatic heterocycles. The van der Waals surface area contributed by atoms with E-state index < -0.39 is 5.60 Å². The monoisotopic (exact) mass is 284 g/mol. The van der Waals surface area contributed by atoms with Crippen LogP contribution in [0.4, 0.5) is 0 Å². The van der Waals surface area contributed by atoms with E-state index in [0.717, 1.165) is 38.8 Å². The Morgan fingerprint density at radius 3 is 2.30 bits per heavy atom. The minimum atomic E-state index is -0.845. The van der Waals surface area contributed by atoms with Gasteiger partial charge in [-0.05, 0) is 59.5 Å². The van der Waals surface area contributed by atoms with Crippen molar-refractivity contribution in [3.63, 3.8) is 0 Å². The Bertz CT molecular complexity index is 315. The average Bonchev–Trinajstić information content (AvgIpc) is 2.43. The molecule has 1 rings (SSSR count). The number of piperidine rings is 1. The maximum Gasteiger partial charge on any atom is 0.226 e. The van der Waals surface area contributed by atoms with Crippen LogP contribution in [0.15, 0.2) is 0 Å². The molecule has 4 heteroatoms. The van der Waals surface area contributed by atoms with Gasteiger partial charge in [0.2, 0.25) is 5.91 Å². The highest BCUT2D eigenvalue weighted by atomic mass is 16.3. The van der Waals surface area contributed by atoms with Gasteiger partial charge in [-0.2, -0.15) is 0 Å². The summed E-state index contributed by atoms with van der Waals surface area (Å²) in [4.78, 5) is 15.0. The van der Waals surface area contributed by atoms with E-state index in [1.807, 2.05) is 0 Å². The molecule has 2 N–H and O–H groups in total. The molecule has 118 valence electrons. The first-order valence-electron chi connectivity index (χ1n) is 7.99. The molecule has 0 aromatic carbocycles. The van der Waals surface area contributed by atoms with Crippen LogP contribution in [0.3, 0.4) is 0 Å². The number of amides is 1. The molecule has 1 aliphatic heterocycles. The summed E-state index contributed by atoms with van der Waals surface area (Å²) in [6, 6.07) is 0.601. The van der Waals surface area contributed by atoms with Crippen molar-refractivity contribution >= 4 is 5.91 Å². The van der Waals surface area contributed by atoms with Crippen LogP contribution in [0.5, 0.6) is 0 Å². The Balaban J connectivity index is 2.59. The van der Waals surface area contributed by atoms with E-state index in [9.17, 15) is 9.90 Å². The second kappa shape index (κ2) is 6.90. The quantitative estimate of drug-likeness (QED) is 0.786. The number of carbonyl (C=O) groups excluding carboxylic acids is 1. The van der Waals surface area contributed by atoms with Crippen molar-refractivity contribution in [1.82, 2.24) is 10.2 Å². The lowest BCUT2D eigenvalue weighted by Gasteiger charge is -2.42. The number of hydrogen-bond donors (Lipinski definition) is 2. The Morgan fingerprint density at radius 2 is 1.90 bits per heavy atom. The predicted octanol–water partition coefficient (Wildman–Crippen LogP) is 2.16. The molecule has 0 aromatic rings. The molecule has 0 bridgehead atoms. The molecule has 0 radical (unpaired) electrons. The number of nitrogens with zero attached hydrogens (tertiary/aromatic N) is 1. The highest BCUT2D eigenvalue weighted by molar-refractivity contribution is 5.82. The Morgan fingerprint density at radius 1 is 1.35 bits per heavy atom. The van der Waals surface area contributed by atoms with Crippen molar-refractivity contribution in [2.75, 3.05) is 19.6 Å². The minimum absolute atomic E-state index is 0.117. The maximum absolute atomic E-state index is 12.5. The van der Waals surface area contributed by atoms with Gasteiger partial charge in [0.1, 0.15) is 0 Å². The van der Waals surface area contributed by atoms with Crippen LogP contribution in [0.25, 0.3) is 0 Å². The van der Waals surface area contributed by atoms with Gasteiger partial charge in [-0.25, -0.2) is 0 Å². The van der Waals surface area contributed by atoms with Crippen molar-refractivity contribution in [2.45, 2.75) is 71.9 Å². The van der Waals surface area contributed by atoms with Crippen molar-refractivity contribution < 1.29 is 9.90 Å². The number of likely N-dealkylation sites (tertiary alicyclic amines) is 1. The molecule has 20 heavy (non-hydrogen) atoms. The summed E-state index contributed by atoms with van der Waals surface area (Å²) in [6.45, 7) is 12.3. The third-order valence-electron chi connectivity index (χ3n) is 4.81. The SMILES string of the molecule is CCC(C)N1CCC(CC)(C(=O)NCC(C)(C)O)CC1. The first-order chi connectivity index (χ1) is 9.24. The van der Waals surface area contributed by atoms with Crippen LogP contribution in [0, 0.1) is 5.41 Å². The summed E-state index contributed by atoms with van der Waals surface area (Å²) < 4.78 is 0. The summed E-state index contributed by atoms with van der Waals surface area (Å²) in [5.41, 5.74) is -1.09.